The number of nitrogens with one attached hydrogen (secondary N) is 2. The number of H-pyrrole nitrogens is 1. The highest BCUT2D eigenvalue weighted by molar-refractivity contribution is 6.02. The van der Waals surface area contributed by atoms with E-state index in [-0.39, 0.29) is 11.5 Å². The van der Waals surface area contributed by atoms with E-state index in [4.69, 9.17) is 9.47 Å². The molecule has 0 saturated carbocycles. The summed E-state index contributed by atoms with van der Waals surface area (Å²) in [6.07, 6.45) is 2.83. The van der Waals surface area contributed by atoms with Crippen molar-refractivity contribution in [2.75, 3.05) is 19.5 Å². The van der Waals surface area contributed by atoms with Crippen LogP contribution in [0.5, 0.6) is 11.5 Å². The summed E-state index contributed by atoms with van der Waals surface area (Å²) >= 11 is 0. The van der Waals surface area contributed by atoms with Crippen molar-refractivity contribution in [1.82, 2.24) is 4.98 Å². The highest BCUT2D eigenvalue weighted by Gasteiger charge is 2.10. The molecule has 3 rings (SSSR count). The lowest BCUT2D eigenvalue weighted by Gasteiger charge is -2.12. The van der Waals surface area contributed by atoms with Crippen LogP contribution in [-0.4, -0.2) is 25.1 Å². The van der Waals surface area contributed by atoms with E-state index in [1.54, 1.807) is 25.3 Å². The number of benzene rings is 2. The van der Waals surface area contributed by atoms with Gasteiger partial charge < -0.3 is 19.8 Å². The van der Waals surface area contributed by atoms with E-state index in [1.807, 2.05) is 31.2 Å². The number of aryl methyl sites for hydroxylation is 1. The normalized spacial score (nSPS) is 10.9. The average molecular weight is 364 g/mol. The summed E-state index contributed by atoms with van der Waals surface area (Å²) in [4.78, 5) is 27.2. The zero-order valence-corrected chi connectivity index (χ0v) is 15.3. The SMILES string of the molecule is COc1cc(C)c(NC(=O)C=Cc2cc3ccccc3[nH]c2=O)cc1OC. The first-order valence-corrected chi connectivity index (χ1v) is 8.35. The zero-order chi connectivity index (χ0) is 19.4. The standard InChI is InChI=1S/C21H20N2O4/c1-13-10-18(26-2)19(27-3)12-17(13)22-20(24)9-8-15-11-14-6-4-5-7-16(14)23-21(15)25/h4-12H,1-3H3,(H,22,24)(H,23,25). The number of rotatable bonds is 5. The van der Waals surface area contributed by atoms with Crippen molar-refractivity contribution in [2.24, 2.45) is 0 Å². The van der Waals surface area contributed by atoms with Crippen molar-refractivity contribution in [3.8, 4) is 11.5 Å². The molecule has 0 unspecified atom stereocenters. The molecule has 0 aliphatic heterocycles. The topological polar surface area (TPSA) is 80.4 Å². The molecule has 0 saturated heterocycles. The van der Waals surface area contributed by atoms with E-state index in [0.29, 0.717) is 22.7 Å². The van der Waals surface area contributed by atoms with Crippen LogP contribution in [0.1, 0.15) is 11.1 Å². The van der Waals surface area contributed by atoms with Gasteiger partial charge in [-0.25, -0.2) is 0 Å². The molecule has 138 valence electrons. The number of hydrogen-bond acceptors (Lipinski definition) is 4. The molecule has 0 aliphatic carbocycles. The molecule has 0 spiro atoms. The maximum Gasteiger partial charge on any atom is 0.255 e. The number of pyridine rings is 1. The fourth-order valence-corrected chi connectivity index (χ4v) is 2.74. The lowest BCUT2D eigenvalue weighted by Crippen LogP contribution is -2.11. The lowest BCUT2D eigenvalue weighted by atomic mass is 10.1. The third kappa shape index (κ3) is 4.00. The van der Waals surface area contributed by atoms with Crippen molar-refractivity contribution in [3.63, 3.8) is 0 Å². The van der Waals surface area contributed by atoms with Gasteiger partial charge in [0.1, 0.15) is 0 Å². The van der Waals surface area contributed by atoms with Crippen molar-refractivity contribution in [1.29, 1.82) is 0 Å². The van der Waals surface area contributed by atoms with Gasteiger partial charge in [-0.3, -0.25) is 9.59 Å². The molecule has 6 nitrogen and oxygen atoms in total. The van der Waals surface area contributed by atoms with E-state index < -0.39 is 0 Å². The van der Waals surface area contributed by atoms with Crippen LogP contribution in [0.3, 0.4) is 0 Å². The predicted octanol–water partition coefficient (Wildman–Crippen LogP) is 3.51. The minimum Gasteiger partial charge on any atom is -0.493 e. The van der Waals surface area contributed by atoms with Crippen LogP contribution in [-0.2, 0) is 4.79 Å². The molecular weight excluding hydrogens is 344 g/mol. The van der Waals surface area contributed by atoms with E-state index >= 15 is 0 Å². The highest BCUT2D eigenvalue weighted by atomic mass is 16.5. The fourth-order valence-electron chi connectivity index (χ4n) is 2.74. The van der Waals surface area contributed by atoms with Crippen LogP contribution in [0.15, 0.2) is 53.3 Å². The molecule has 1 heterocycles. The number of fused-ring (bicyclic) bond motifs is 1. The van der Waals surface area contributed by atoms with Crippen LogP contribution >= 0.6 is 0 Å². The first kappa shape index (κ1) is 18.3. The third-order valence-corrected chi connectivity index (χ3v) is 4.18. The second-order valence-electron chi connectivity index (χ2n) is 5.99. The number of amides is 1. The van der Waals surface area contributed by atoms with Crippen LogP contribution < -0.4 is 20.3 Å². The molecule has 0 radical (unpaired) electrons. The summed E-state index contributed by atoms with van der Waals surface area (Å²) in [6.45, 7) is 1.86. The van der Waals surface area contributed by atoms with Gasteiger partial charge in [-0.2, -0.15) is 0 Å². The Kier molecular flexibility index (Phi) is 5.26. The zero-order valence-electron chi connectivity index (χ0n) is 15.3. The molecule has 0 atom stereocenters. The average Bonchev–Trinajstić information content (AvgIpc) is 2.67. The van der Waals surface area contributed by atoms with Gasteiger partial charge in [0.05, 0.1) is 14.2 Å². The number of aromatic amines is 1. The number of ether oxygens (including phenoxy) is 2. The number of carbonyl (C=O) groups is 1. The second kappa shape index (κ2) is 7.78. The summed E-state index contributed by atoms with van der Waals surface area (Å²) < 4.78 is 10.5. The van der Waals surface area contributed by atoms with Gasteiger partial charge in [-0.1, -0.05) is 18.2 Å². The smallest absolute Gasteiger partial charge is 0.255 e. The molecule has 1 amide bonds. The lowest BCUT2D eigenvalue weighted by molar-refractivity contribution is -0.111. The van der Waals surface area contributed by atoms with Crippen LogP contribution in [0.4, 0.5) is 5.69 Å². The third-order valence-electron chi connectivity index (χ3n) is 4.18. The quantitative estimate of drug-likeness (QED) is 0.679. The molecule has 2 aromatic carbocycles. The first-order valence-electron chi connectivity index (χ1n) is 8.35. The minimum atomic E-state index is -0.349. The van der Waals surface area contributed by atoms with Gasteiger partial charge in [-0.15, -0.1) is 0 Å². The van der Waals surface area contributed by atoms with E-state index in [9.17, 15) is 9.59 Å². The number of methoxy groups -OCH3 is 2. The largest absolute Gasteiger partial charge is 0.493 e. The molecule has 1 aromatic heterocycles. The summed E-state index contributed by atoms with van der Waals surface area (Å²) in [5.74, 6) is 0.762. The molecule has 0 aliphatic rings. The Morgan fingerprint density at radius 3 is 2.52 bits per heavy atom. The van der Waals surface area contributed by atoms with E-state index in [0.717, 1.165) is 16.5 Å². The molecule has 6 heteroatoms. The fraction of sp³-hybridized carbons (Fsp3) is 0.143. The maximum absolute atomic E-state index is 12.3. The Morgan fingerprint density at radius 1 is 1.07 bits per heavy atom. The van der Waals surface area contributed by atoms with Crippen molar-refractivity contribution in [2.45, 2.75) is 6.92 Å². The molecule has 0 bridgehead atoms. The monoisotopic (exact) mass is 364 g/mol. The van der Waals surface area contributed by atoms with Gasteiger partial charge in [0.15, 0.2) is 11.5 Å². The van der Waals surface area contributed by atoms with Crippen LogP contribution in [0.2, 0.25) is 0 Å². The molecule has 3 aromatic rings. The number of anilines is 1. The molecular formula is C21H20N2O4. The number of aromatic nitrogens is 1. The number of carbonyl (C=O) groups excluding carboxylic acids is 1. The van der Waals surface area contributed by atoms with Gasteiger partial charge in [0.2, 0.25) is 5.91 Å². The Morgan fingerprint density at radius 2 is 1.78 bits per heavy atom. The summed E-state index contributed by atoms with van der Waals surface area (Å²) in [5.41, 5.74) is 2.35. The highest BCUT2D eigenvalue weighted by Crippen LogP contribution is 2.32. The summed E-state index contributed by atoms with van der Waals surface area (Å²) in [6, 6.07) is 12.7. The van der Waals surface area contributed by atoms with Gasteiger partial charge >= 0.3 is 0 Å². The number of hydrogen-bond donors (Lipinski definition) is 2. The summed E-state index contributed by atoms with van der Waals surface area (Å²) in [5, 5.41) is 3.69. The second-order valence-corrected chi connectivity index (χ2v) is 5.99. The maximum atomic E-state index is 12.3. The first-order chi connectivity index (χ1) is 13.0. The van der Waals surface area contributed by atoms with Crippen molar-refractivity contribution >= 4 is 28.6 Å². The van der Waals surface area contributed by atoms with Gasteiger partial charge in [-0.05, 0) is 42.1 Å². The Hall–Kier alpha value is -3.54. The van der Waals surface area contributed by atoms with E-state index in [1.165, 1.54) is 19.3 Å². The van der Waals surface area contributed by atoms with Crippen molar-refractivity contribution in [3.05, 3.63) is 70.0 Å². The molecule has 27 heavy (non-hydrogen) atoms. The van der Waals surface area contributed by atoms with E-state index in [2.05, 4.69) is 10.3 Å². The summed E-state index contributed by atoms with van der Waals surface area (Å²) in [7, 11) is 3.09. The van der Waals surface area contributed by atoms with Gasteiger partial charge in [0.25, 0.3) is 5.56 Å². The molecule has 0 fully saturated rings. The van der Waals surface area contributed by atoms with Gasteiger partial charge in [0, 0.05) is 28.9 Å². The Bertz CT molecular complexity index is 1080. The van der Waals surface area contributed by atoms with Crippen LogP contribution in [0.25, 0.3) is 17.0 Å². The Balaban J connectivity index is 1.82. The molecule has 2 N–H and O–H groups in total. The van der Waals surface area contributed by atoms with Crippen molar-refractivity contribution < 1.29 is 14.3 Å². The minimum absolute atomic E-state index is 0.250. The Labute approximate surface area is 156 Å². The number of para-hydroxylation sites is 1. The predicted molar refractivity (Wildman–Crippen MR) is 107 cm³/mol. The van der Waals surface area contributed by atoms with Crippen LogP contribution in [0, 0.1) is 6.92 Å².